The third kappa shape index (κ3) is 2.88. The van der Waals surface area contributed by atoms with Gasteiger partial charge in [-0.25, -0.2) is 0 Å². The van der Waals surface area contributed by atoms with Crippen molar-refractivity contribution in [3.05, 3.63) is 11.3 Å². The molecule has 0 saturated carbocycles. The van der Waals surface area contributed by atoms with E-state index >= 15 is 0 Å². The van der Waals surface area contributed by atoms with Crippen molar-refractivity contribution in [3.63, 3.8) is 0 Å². The molecule has 0 amide bonds. The molecule has 1 aliphatic carbocycles. The molecule has 1 aliphatic rings. The van der Waals surface area contributed by atoms with E-state index in [1.54, 1.807) is 0 Å². The molecule has 2 N–H and O–H groups in total. The highest BCUT2D eigenvalue weighted by molar-refractivity contribution is 5.48. The first kappa shape index (κ1) is 13.4. The highest BCUT2D eigenvalue weighted by atomic mass is 15.2. The molecule has 0 aromatic carbocycles. The molecule has 0 saturated heterocycles. The van der Waals surface area contributed by atoms with Crippen LogP contribution in [-0.2, 0) is 12.8 Å². The number of aromatic nitrogens is 2. The number of rotatable bonds is 3. The Hall–Kier alpha value is -0.990. The lowest BCUT2D eigenvalue weighted by Gasteiger charge is -2.33. The van der Waals surface area contributed by atoms with E-state index in [2.05, 4.69) is 50.1 Å². The molecule has 18 heavy (non-hydrogen) atoms. The van der Waals surface area contributed by atoms with Gasteiger partial charge >= 0.3 is 0 Å². The van der Waals surface area contributed by atoms with Crippen LogP contribution in [0, 0.1) is 17.3 Å². The van der Waals surface area contributed by atoms with Crippen molar-refractivity contribution in [2.75, 3.05) is 11.9 Å². The molecule has 0 radical (unpaired) electrons. The highest BCUT2D eigenvalue weighted by Gasteiger charge is 2.31. The second kappa shape index (κ2) is 4.94. The smallest absolute Gasteiger partial charge is 0.151 e. The fourth-order valence-corrected chi connectivity index (χ4v) is 2.68. The lowest BCUT2D eigenvalue weighted by atomic mass is 9.72. The standard InChI is InChI=1S/C15H27N3/c1-10(2)9-16-14-12-8-11(15(3,4)5)6-7-13(12)17-18-14/h10-11H,6-9H2,1-5H3,(H2,16,17,18). The van der Waals surface area contributed by atoms with Gasteiger partial charge in [0.1, 0.15) is 0 Å². The van der Waals surface area contributed by atoms with Crippen LogP contribution < -0.4 is 5.32 Å². The molecule has 1 unspecified atom stereocenters. The number of fused-ring (bicyclic) bond motifs is 1. The molecule has 0 aliphatic heterocycles. The van der Waals surface area contributed by atoms with E-state index in [0.717, 1.165) is 31.1 Å². The minimum absolute atomic E-state index is 0.393. The van der Waals surface area contributed by atoms with Crippen LogP contribution in [0.15, 0.2) is 0 Å². The topological polar surface area (TPSA) is 40.7 Å². The lowest BCUT2D eigenvalue weighted by molar-refractivity contribution is 0.216. The maximum Gasteiger partial charge on any atom is 0.151 e. The Morgan fingerprint density at radius 2 is 2.11 bits per heavy atom. The predicted octanol–water partition coefficient (Wildman–Crippen LogP) is 3.63. The minimum Gasteiger partial charge on any atom is -0.368 e. The summed E-state index contributed by atoms with van der Waals surface area (Å²) in [4.78, 5) is 0. The second-order valence-corrected chi connectivity index (χ2v) is 7.11. The number of anilines is 1. The fourth-order valence-electron chi connectivity index (χ4n) is 2.68. The van der Waals surface area contributed by atoms with E-state index in [0.29, 0.717) is 11.3 Å². The number of H-pyrrole nitrogens is 1. The summed E-state index contributed by atoms with van der Waals surface area (Å²) in [6, 6.07) is 0. The molecule has 1 aromatic rings. The predicted molar refractivity (Wildman–Crippen MR) is 76.9 cm³/mol. The van der Waals surface area contributed by atoms with Crippen molar-refractivity contribution in [1.29, 1.82) is 0 Å². The molecular formula is C15H27N3. The zero-order valence-electron chi connectivity index (χ0n) is 12.4. The van der Waals surface area contributed by atoms with Gasteiger partial charge in [0.2, 0.25) is 0 Å². The van der Waals surface area contributed by atoms with Crippen LogP contribution >= 0.6 is 0 Å². The summed E-state index contributed by atoms with van der Waals surface area (Å²) < 4.78 is 0. The van der Waals surface area contributed by atoms with Crippen molar-refractivity contribution >= 4 is 5.82 Å². The zero-order chi connectivity index (χ0) is 13.3. The molecule has 1 heterocycles. The van der Waals surface area contributed by atoms with Crippen molar-refractivity contribution in [2.24, 2.45) is 17.3 Å². The van der Waals surface area contributed by atoms with E-state index in [9.17, 15) is 0 Å². The van der Waals surface area contributed by atoms with Gasteiger partial charge in [-0.05, 0) is 36.5 Å². The van der Waals surface area contributed by atoms with E-state index in [1.165, 1.54) is 17.7 Å². The van der Waals surface area contributed by atoms with Gasteiger partial charge in [-0.1, -0.05) is 34.6 Å². The summed E-state index contributed by atoms with van der Waals surface area (Å²) in [5, 5.41) is 11.1. The molecule has 1 aromatic heterocycles. The second-order valence-electron chi connectivity index (χ2n) is 7.11. The first-order valence-corrected chi connectivity index (χ1v) is 7.18. The van der Waals surface area contributed by atoms with Gasteiger partial charge in [0.15, 0.2) is 5.82 Å². The summed E-state index contributed by atoms with van der Waals surface area (Å²) in [5.41, 5.74) is 3.17. The first-order chi connectivity index (χ1) is 8.38. The number of aryl methyl sites for hydroxylation is 1. The van der Waals surface area contributed by atoms with Gasteiger partial charge in [-0.2, -0.15) is 5.10 Å². The molecular weight excluding hydrogens is 222 g/mol. The number of hydrogen-bond donors (Lipinski definition) is 2. The van der Waals surface area contributed by atoms with Crippen molar-refractivity contribution in [1.82, 2.24) is 10.2 Å². The first-order valence-electron chi connectivity index (χ1n) is 7.18. The van der Waals surface area contributed by atoms with Gasteiger partial charge in [-0.3, -0.25) is 5.10 Å². The summed E-state index contributed by atoms with van der Waals surface area (Å²) in [7, 11) is 0. The van der Waals surface area contributed by atoms with E-state index in [-0.39, 0.29) is 0 Å². The summed E-state index contributed by atoms with van der Waals surface area (Å²) in [5.74, 6) is 2.51. The van der Waals surface area contributed by atoms with Gasteiger partial charge in [0, 0.05) is 17.8 Å². The Balaban J connectivity index is 2.12. The molecule has 3 nitrogen and oxygen atoms in total. The van der Waals surface area contributed by atoms with Crippen LogP contribution in [-0.4, -0.2) is 16.7 Å². The molecule has 0 fully saturated rings. The zero-order valence-corrected chi connectivity index (χ0v) is 12.4. The molecule has 0 spiro atoms. The van der Waals surface area contributed by atoms with Crippen LogP contribution in [0.5, 0.6) is 0 Å². The summed E-state index contributed by atoms with van der Waals surface area (Å²) in [6.45, 7) is 12.5. The average Bonchev–Trinajstić information content (AvgIpc) is 2.67. The Labute approximate surface area is 111 Å². The molecule has 1 atom stereocenters. The average molecular weight is 249 g/mol. The van der Waals surface area contributed by atoms with Gasteiger partial charge in [0.05, 0.1) is 0 Å². The minimum atomic E-state index is 0.393. The number of nitrogens with one attached hydrogen (secondary N) is 2. The largest absolute Gasteiger partial charge is 0.368 e. The third-order valence-electron chi connectivity index (χ3n) is 4.05. The normalized spacial score (nSPS) is 20.0. The maximum absolute atomic E-state index is 4.45. The Morgan fingerprint density at radius 1 is 1.39 bits per heavy atom. The van der Waals surface area contributed by atoms with E-state index < -0.39 is 0 Å². The van der Waals surface area contributed by atoms with Gasteiger partial charge < -0.3 is 5.32 Å². The molecule has 2 rings (SSSR count). The molecule has 3 heteroatoms. The molecule has 0 bridgehead atoms. The van der Waals surface area contributed by atoms with Crippen LogP contribution in [0.25, 0.3) is 0 Å². The Bertz CT molecular complexity index is 398. The Kier molecular flexibility index (Phi) is 3.69. The van der Waals surface area contributed by atoms with E-state index in [4.69, 9.17) is 0 Å². The number of aromatic amines is 1. The number of nitrogens with zero attached hydrogens (tertiary/aromatic N) is 1. The van der Waals surface area contributed by atoms with Gasteiger partial charge in [0.25, 0.3) is 0 Å². The highest BCUT2D eigenvalue weighted by Crippen LogP contribution is 2.38. The maximum atomic E-state index is 4.45. The third-order valence-corrected chi connectivity index (χ3v) is 4.05. The van der Waals surface area contributed by atoms with Crippen molar-refractivity contribution in [3.8, 4) is 0 Å². The van der Waals surface area contributed by atoms with Crippen LogP contribution in [0.3, 0.4) is 0 Å². The summed E-state index contributed by atoms with van der Waals surface area (Å²) in [6.07, 6.45) is 3.59. The SMILES string of the molecule is CC(C)CNc1n[nH]c2c1CC(C(C)(C)C)CC2. The number of hydrogen-bond acceptors (Lipinski definition) is 2. The van der Waals surface area contributed by atoms with Crippen molar-refractivity contribution < 1.29 is 0 Å². The Morgan fingerprint density at radius 3 is 2.72 bits per heavy atom. The fraction of sp³-hybridized carbons (Fsp3) is 0.800. The van der Waals surface area contributed by atoms with Crippen LogP contribution in [0.4, 0.5) is 5.82 Å². The van der Waals surface area contributed by atoms with Crippen LogP contribution in [0.1, 0.15) is 52.3 Å². The lowest BCUT2D eigenvalue weighted by Crippen LogP contribution is -2.27. The monoisotopic (exact) mass is 249 g/mol. The quantitative estimate of drug-likeness (QED) is 0.859. The van der Waals surface area contributed by atoms with E-state index in [1.807, 2.05) is 0 Å². The molecule has 102 valence electrons. The van der Waals surface area contributed by atoms with Crippen molar-refractivity contribution in [2.45, 2.75) is 53.9 Å². The van der Waals surface area contributed by atoms with Crippen LogP contribution in [0.2, 0.25) is 0 Å². The summed E-state index contributed by atoms with van der Waals surface area (Å²) >= 11 is 0. The van der Waals surface area contributed by atoms with Gasteiger partial charge in [-0.15, -0.1) is 0 Å².